The van der Waals surface area contributed by atoms with Crippen LogP contribution in [0.4, 0.5) is 0 Å². The smallest absolute Gasteiger partial charge is 0.303 e. The number of esters is 3. The molecule has 10 nitrogen and oxygen atoms in total. The van der Waals surface area contributed by atoms with Crippen LogP contribution >= 0.6 is 0 Å². The second kappa shape index (κ2) is 8.30. The van der Waals surface area contributed by atoms with E-state index in [1.165, 1.54) is 20.8 Å². The Labute approximate surface area is 150 Å². The number of carbonyl (C=O) groups is 3. The molecule has 2 heterocycles. The summed E-state index contributed by atoms with van der Waals surface area (Å²) in [7, 11) is 0. The summed E-state index contributed by atoms with van der Waals surface area (Å²) in [4.78, 5) is 34.2. The van der Waals surface area contributed by atoms with Gasteiger partial charge in [0.1, 0.15) is 12.7 Å². The molecular formula is C16H24O10. The van der Waals surface area contributed by atoms with Gasteiger partial charge in [-0.1, -0.05) is 0 Å². The summed E-state index contributed by atoms with van der Waals surface area (Å²) >= 11 is 0. The molecule has 2 saturated heterocycles. The lowest BCUT2D eigenvalue weighted by atomic mass is 9.98. The highest BCUT2D eigenvalue weighted by molar-refractivity contribution is 5.67. The van der Waals surface area contributed by atoms with Gasteiger partial charge < -0.3 is 28.4 Å². The molecule has 2 fully saturated rings. The van der Waals surface area contributed by atoms with Gasteiger partial charge >= 0.3 is 17.9 Å². The molecule has 0 amide bonds. The minimum atomic E-state index is -1.42. The lowest BCUT2D eigenvalue weighted by Crippen LogP contribution is -2.60. The molecule has 0 saturated carbocycles. The molecule has 0 aromatic carbocycles. The quantitative estimate of drug-likeness (QED) is 0.472. The Bertz CT molecular complexity index is 549. The largest absolute Gasteiger partial charge is 0.463 e. The first-order valence-electron chi connectivity index (χ1n) is 8.28. The minimum Gasteiger partial charge on any atom is -0.463 e. The second-order valence-electron chi connectivity index (χ2n) is 5.99. The van der Waals surface area contributed by atoms with Gasteiger partial charge in [0, 0.05) is 34.3 Å². The molecule has 0 aliphatic carbocycles. The third-order valence-corrected chi connectivity index (χ3v) is 3.73. The predicted molar refractivity (Wildman–Crippen MR) is 82.4 cm³/mol. The van der Waals surface area contributed by atoms with Crippen molar-refractivity contribution >= 4 is 17.9 Å². The molecule has 0 aromatic heterocycles. The highest BCUT2D eigenvalue weighted by Gasteiger charge is 2.59. The van der Waals surface area contributed by atoms with E-state index in [1.807, 2.05) is 0 Å². The normalized spacial score (nSPS) is 36.1. The molecule has 2 aliphatic rings. The Morgan fingerprint density at radius 1 is 0.962 bits per heavy atom. The molecule has 0 radical (unpaired) electrons. The number of ether oxygens (including phenoxy) is 7. The zero-order valence-electron chi connectivity index (χ0n) is 15.4. The Balaban J connectivity index is 2.29. The van der Waals surface area contributed by atoms with Crippen LogP contribution in [0.25, 0.3) is 0 Å². The van der Waals surface area contributed by atoms with E-state index < -0.39 is 54.6 Å². The van der Waals surface area contributed by atoms with Crippen molar-refractivity contribution < 1.29 is 47.5 Å². The molecule has 0 unspecified atom stereocenters. The van der Waals surface area contributed by atoms with E-state index in [2.05, 4.69) is 0 Å². The van der Waals surface area contributed by atoms with Crippen LogP contribution in [0.3, 0.4) is 0 Å². The van der Waals surface area contributed by atoms with E-state index >= 15 is 0 Å². The first-order valence-corrected chi connectivity index (χ1v) is 8.28. The molecule has 2 aliphatic heterocycles. The maximum Gasteiger partial charge on any atom is 0.303 e. The Morgan fingerprint density at radius 3 is 2.12 bits per heavy atom. The molecule has 148 valence electrons. The average Bonchev–Trinajstić information content (AvgIpc) is 2.83. The van der Waals surface area contributed by atoms with Gasteiger partial charge in [0.2, 0.25) is 0 Å². The first-order chi connectivity index (χ1) is 12.1. The zero-order chi connectivity index (χ0) is 19.5. The predicted octanol–water partition coefficient (Wildman–Crippen LogP) is 0.263. The third kappa shape index (κ3) is 4.91. The zero-order valence-corrected chi connectivity index (χ0v) is 15.4. The van der Waals surface area contributed by atoms with Crippen molar-refractivity contribution in [3.8, 4) is 0 Å². The summed E-state index contributed by atoms with van der Waals surface area (Å²) in [6.07, 6.45) is -4.86. The molecule has 26 heavy (non-hydrogen) atoms. The van der Waals surface area contributed by atoms with E-state index in [0.29, 0.717) is 6.61 Å². The number of hydrogen-bond donors (Lipinski definition) is 0. The summed E-state index contributed by atoms with van der Waals surface area (Å²) in [6.45, 7) is 7.04. The summed E-state index contributed by atoms with van der Waals surface area (Å²) < 4.78 is 38.2. The highest BCUT2D eigenvalue weighted by atomic mass is 16.9. The van der Waals surface area contributed by atoms with Crippen LogP contribution in [0.15, 0.2) is 0 Å². The monoisotopic (exact) mass is 376 g/mol. The van der Waals surface area contributed by atoms with Crippen molar-refractivity contribution in [1.82, 2.24) is 0 Å². The van der Waals surface area contributed by atoms with Crippen LogP contribution in [0.2, 0.25) is 0 Å². The first kappa shape index (κ1) is 20.6. The number of rotatable bonds is 6. The van der Waals surface area contributed by atoms with Gasteiger partial charge in [-0.3, -0.25) is 19.1 Å². The lowest BCUT2D eigenvalue weighted by molar-refractivity contribution is -0.342. The van der Waals surface area contributed by atoms with Crippen LogP contribution < -0.4 is 0 Å². The maximum atomic E-state index is 11.6. The summed E-state index contributed by atoms with van der Waals surface area (Å²) in [5, 5.41) is 0. The molecule has 0 spiro atoms. The second-order valence-corrected chi connectivity index (χ2v) is 5.99. The molecule has 0 bridgehead atoms. The van der Waals surface area contributed by atoms with Crippen LogP contribution in [-0.2, 0) is 47.5 Å². The van der Waals surface area contributed by atoms with E-state index in [-0.39, 0.29) is 6.61 Å². The fourth-order valence-corrected chi connectivity index (χ4v) is 2.91. The van der Waals surface area contributed by atoms with Crippen LogP contribution in [0.1, 0.15) is 34.6 Å². The van der Waals surface area contributed by atoms with Crippen LogP contribution in [-0.4, -0.2) is 67.8 Å². The Kier molecular flexibility index (Phi) is 6.56. The van der Waals surface area contributed by atoms with Gasteiger partial charge in [0.15, 0.2) is 24.6 Å². The lowest BCUT2D eigenvalue weighted by Gasteiger charge is -2.40. The van der Waals surface area contributed by atoms with E-state index in [9.17, 15) is 14.4 Å². The minimum absolute atomic E-state index is 0.219. The van der Waals surface area contributed by atoms with Gasteiger partial charge in [0.05, 0.1) is 0 Å². The van der Waals surface area contributed by atoms with Crippen molar-refractivity contribution in [3.63, 3.8) is 0 Å². The van der Waals surface area contributed by atoms with E-state index in [0.717, 1.165) is 0 Å². The maximum absolute atomic E-state index is 11.6. The van der Waals surface area contributed by atoms with Gasteiger partial charge in [-0.05, 0) is 6.92 Å². The topological polar surface area (TPSA) is 116 Å². The van der Waals surface area contributed by atoms with Crippen molar-refractivity contribution in [2.45, 2.75) is 71.3 Å². The summed E-state index contributed by atoms with van der Waals surface area (Å²) in [5.41, 5.74) is 0. The van der Waals surface area contributed by atoms with Gasteiger partial charge in [0.25, 0.3) is 5.97 Å². The summed E-state index contributed by atoms with van der Waals surface area (Å²) in [6, 6.07) is 0. The fraction of sp³-hybridized carbons (Fsp3) is 0.812. The van der Waals surface area contributed by atoms with Crippen molar-refractivity contribution in [2.75, 3.05) is 13.2 Å². The molecule has 0 aromatic rings. The van der Waals surface area contributed by atoms with Crippen molar-refractivity contribution in [2.24, 2.45) is 0 Å². The standard InChI is InChI=1S/C16H24O10/c1-6-21-16(5)25-14-13(23-10(4)19)12(22-9(3)18)11(7-20-8(2)17)24-15(14)26-16/h11-15H,6-7H2,1-5H3/t11-,12-,13+,14-,15+,16+/m1/s1. The fourth-order valence-electron chi connectivity index (χ4n) is 2.91. The van der Waals surface area contributed by atoms with E-state index in [1.54, 1.807) is 13.8 Å². The third-order valence-electron chi connectivity index (χ3n) is 3.73. The SMILES string of the molecule is CCO[C@]1(C)O[C@@H]2O[C@H](COC(C)=O)[C@@H](OC(C)=O)[C@H](OC(C)=O)[C@H]2O1. The van der Waals surface area contributed by atoms with Crippen molar-refractivity contribution in [3.05, 3.63) is 0 Å². The van der Waals surface area contributed by atoms with Crippen LogP contribution in [0.5, 0.6) is 0 Å². The number of fused-ring (bicyclic) bond motifs is 1. The molecule has 6 atom stereocenters. The Morgan fingerprint density at radius 2 is 1.58 bits per heavy atom. The molecule has 0 N–H and O–H groups in total. The highest BCUT2D eigenvalue weighted by Crippen LogP contribution is 2.39. The Hall–Kier alpha value is -1.75. The number of carbonyl (C=O) groups excluding carboxylic acids is 3. The van der Waals surface area contributed by atoms with E-state index in [4.69, 9.17) is 33.2 Å². The number of hydrogen-bond acceptors (Lipinski definition) is 10. The van der Waals surface area contributed by atoms with Gasteiger partial charge in [-0.15, -0.1) is 0 Å². The van der Waals surface area contributed by atoms with Crippen LogP contribution in [0, 0.1) is 0 Å². The molecule has 2 rings (SSSR count). The molecular weight excluding hydrogens is 352 g/mol. The average molecular weight is 376 g/mol. The van der Waals surface area contributed by atoms with Gasteiger partial charge in [-0.2, -0.15) is 0 Å². The van der Waals surface area contributed by atoms with Gasteiger partial charge in [-0.25, -0.2) is 0 Å². The summed E-state index contributed by atoms with van der Waals surface area (Å²) in [5.74, 6) is -3.18. The van der Waals surface area contributed by atoms with Crippen molar-refractivity contribution in [1.29, 1.82) is 0 Å². The molecule has 10 heteroatoms.